The summed E-state index contributed by atoms with van der Waals surface area (Å²) in [6, 6.07) is 17.8. The third-order valence-corrected chi connectivity index (χ3v) is 2.89. The van der Waals surface area contributed by atoms with Crippen molar-refractivity contribution in [2.24, 2.45) is 0 Å². The molecule has 0 aliphatic rings. The van der Waals surface area contributed by atoms with Gasteiger partial charge in [-0.1, -0.05) is 54.6 Å². The van der Waals surface area contributed by atoms with E-state index in [-0.39, 0.29) is 0 Å². The van der Waals surface area contributed by atoms with Crippen LogP contribution in [0, 0.1) is 0 Å². The Labute approximate surface area is 123 Å². The van der Waals surface area contributed by atoms with Gasteiger partial charge in [-0.3, -0.25) is 4.55 Å². The summed E-state index contributed by atoms with van der Waals surface area (Å²) in [7, 11) is -4.62. The van der Waals surface area contributed by atoms with Crippen LogP contribution in [-0.4, -0.2) is 19.3 Å². The zero-order chi connectivity index (χ0) is 15.1. The van der Waals surface area contributed by atoms with Crippen molar-refractivity contribution in [1.82, 2.24) is 0 Å². The van der Waals surface area contributed by atoms with Crippen molar-refractivity contribution >= 4 is 16.5 Å². The maximum atomic E-state index is 10.9. The Balaban J connectivity index is 2.14. The lowest BCUT2D eigenvalue weighted by molar-refractivity contribution is 0.0435. The van der Waals surface area contributed by atoms with E-state index in [0.29, 0.717) is 5.75 Å². The Morgan fingerprint density at radius 1 is 0.952 bits per heavy atom. The van der Waals surface area contributed by atoms with Gasteiger partial charge in [-0.05, 0) is 23.8 Å². The molecule has 6 heteroatoms. The van der Waals surface area contributed by atoms with Crippen LogP contribution in [-0.2, 0) is 14.6 Å². The quantitative estimate of drug-likeness (QED) is 0.656. The molecule has 0 saturated carbocycles. The van der Waals surface area contributed by atoms with Gasteiger partial charge in [0, 0.05) is 0 Å². The molecule has 2 aromatic carbocycles. The first-order chi connectivity index (χ1) is 10.0. The molecule has 0 aliphatic heterocycles. The second-order valence-corrected chi connectivity index (χ2v) is 5.14. The summed E-state index contributed by atoms with van der Waals surface area (Å²) in [5, 5.41) is 0. The maximum Gasteiger partial charge on any atom is 0.400 e. The maximum absolute atomic E-state index is 10.9. The Kier molecular flexibility index (Phi) is 5.10. The number of para-hydroxylation sites is 1. The van der Waals surface area contributed by atoms with Crippen LogP contribution in [0.25, 0.3) is 6.08 Å². The molecular formula is C15H14O5S. The summed E-state index contributed by atoms with van der Waals surface area (Å²) >= 11 is 0. The van der Waals surface area contributed by atoms with Gasteiger partial charge in [-0.2, -0.15) is 8.42 Å². The van der Waals surface area contributed by atoms with Crippen molar-refractivity contribution < 1.29 is 21.9 Å². The van der Waals surface area contributed by atoms with Crippen LogP contribution in [0.1, 0.15) is 5.56 Å². The van der Waals surface area contributed by atoms with E-state index in [1.165, 1.54) is 6.08 Å². The number of ether oxygens (including phenoxy) is 1. The molecule has 0 aromatic heterocycles. The van der Waals surface area contributed by atoms with E-state index in [2.05, 4.69) is 4.18 Å². The van der Waals surface area contributed by atoms with Gasteiger partial charge in [0.05, 0.1) is 0 Å². The van der Waals surface area contributed by atoms with Crippen LogP contribution in [0.4, 0.5) is 0 Å². The molecule has 2 aromatic rings. The van der Waals surface area contributed by atoms with Gasteiger partial charge in [0.2, 0.25) is 6.29 Å². The number of hydrogen-bond donors (Lipinski definition) is 1. The Bertz CT molecular complexity index is 681. The van der Waals surface area contributed by atoms with Crippen LogP contribution < -0.4 is 4.74 Å². The van der Waals surface area contributed by atoms with Crippen molar-refractivity contribution in [3.8, 4) is 5.75 Å². The molecule has 2 rings (SSSR count). The highest BCUT2D eigenvalue weighted by Gasteiger charge is 2.15. The van der Waals surface area contributed by atoms with Crippen LogP contribution in [0.15, 0.2) is 66.7 Å². The molecule has 0 bridgehead atoms. The summed E-state index contributed by atoms with van der Waals surface area (Å²) < 4.78 is 40.4. The molecular weight excluding hydrogens is 292 g/mol. The second-order valence-electron chi connectivity index (χ2n) is 4.09. The fourth-order valence-electron chi connectivity index (χ4n) is 1.60. The molecule has 0 aliphatic carbocycles. The van der Waals surface area contributed by atoms with Crippen LogP contribution in [0.5, 0.6) is 5.75 Å². The molecule has 1 unspecified atom stereocenters. The minimum atomic E-state index is -4.62. The average Bonchev–Trinajstić information content (AvgIpc) is 2.45. The monoisotopic (exact) mass is 306 g/mol. The highest BCUT2D eigenvalue weighted by molar-refractivity contribution is 7.80. The summed E-state index contributed by atoms with van der Waals surface area (Å²) in [5.74, 6) is 0.420. The van der Waals surface area contributed by atoms with E-state index in [1.54, 1.807) is 36.4 Å². The lowest BCUT2D eigenvalue weighted by Crippen LogP contribution is -2.21. The number of benzene rings is 2. The van der Waals surface area contributed by atoms with Crippen LogP contribution in [0.3, 0.4) is 0 Å². The van der Waals surface area contributed by atoms with Gasteiger partial charge in [0.1, 0.15) is 5.75 Å². The molecule has 0 fully saturated rings. The topological polar surface area (TPSA) is 72.8 Å². The molecule has 5 nitrogen and oxygen atoms in total. The van der Waals surface area contributed by atoms with Crippen LogP contribution >= 0.6 is 0 Å². The fourth-order valence-corrected chi connectivity index (χ4v) is 1.94. The Hall–Kier alpha value is -2.15. The molecule has 0 heterocycles. The highest BCUT2D eigenvalue weighted by Crippen LogP contribution is 2.14. The van der Waals surface area contributed by atoms with E-state index in [0.717, 1.165) is 5.56 Å². The molecule has 0 spiro atoms. The first-order valence-corrected chi connectivity index (χ1v) is 7.50. The van der Waals surface area contributed by atoms with E-state index >= 15 is 0 Å². The zero-order valence-corrected chi connectivity index (χ0v) is 11.8. The lowest BCUT2D eigenvalue weighted by Gasteiger charge is -2.14. The molecule has 110 valence electrons. The standard InChI is InChI=1S/C15H14O5S/c16-21(17,18)20-15(19-14-9-5-2-6-10-14)12-11-13-7-3-1-4-8-13/h1-12,15H,(H,16,17,18)/b12-11+. The largest absolute Gasteiger partial charge is 0.460 e. The summed E-state index contributed by atoms with van der Waals surface area (Å²) in [6.45, 7) is 0. The number of rotatable bonds is 6. The van der Waals surface area contributed by atoms with E-state index in [4.69, 9.17) is 9.29 Å². The second kappa shape index (κ2) is 7.03. The van der Waals surface area contributed by atoms with E-state index < -0.39 is 16.7 Å². The van der Waals surface area contributed by atoms with Gasteiger partial charge in [-0.15, -0.1) is 0 Å². The normalized spacial score (nSPS) is 13.2. The highest BCUT2D eigenvalue weighted by atomic mass is 32.3. The third kappa shape index (κ3) is 5.78. The predicted octanol–water partition coefficient (Wildman–Crippen LogP) is 2.92. The van der Waals surface area contributed by atoms with Crippen LogP contribution in [0.2, 0.25) is 0 Å². The predicted molar refractivity (Wildman–Crippen MR) is 79.0 cm³/mol. The molecule has 0 radical (unpaired) electrons. The summed E-state index contributed by atoms with van der Waals surface area (Å²) in [4.78, 5) is 0. The SMILES string of the molecule is O=S(=O)(O)OC(/C=C/c1ccccc1)Oc1ccccc1. The first-order valence-electron chi connectivity index (χ1n) is 6.13. The van der Waals surface area contributed by atoms with Crippen molar-refractivity contribution in [2.75, 3.05) is 0 Å². The first kappa shape index (κ1) is 15.2. The van der Waals surface area contributed by atoms with Crippen molar-refractivity contribution in [3.05, 3.63) is 72.3 Å². The van der Waals surface area contributed by atoms with Crippen molar-refractivity contribution in [2.45, 2.75) is 6.29 Å². The minimum absolute atomic E-state index is 0.420. The van der Waals surface area contributed by atoms with Gasteiger partial charge in [0.25, 0.3) is 0 Å². The van der Waals surface area contributed by atoms with E-state index in [9.17, 15) is 8.42 Å². The lowest BCUT2D eigenvalue weighted by atomic mass is 10.2. The number of hydrogen-bond acceptors (Lipinski definition) is 4. The Morgan fingerprint density at radius 2 is 1.52 bits per heavy atom. The fraction of sp³-hybridized carbons (Fsp3) is 0.0667. The molecule has 0 amide bonds. The third-order valence-electron chi connectivity index (χ3n) is 2.46. The van der Waals surface area contributed by atoms with Gasteiger partial charge < -0.3 is 4.74 Å². The Morgan fingerprint density at radius 3 is 2.10 bits per heavy atom. The van der Waals surface area contributed by atoms with E-state index in [1.807, 2.05) is 30.3 Å². The summed E-state index contributed by atoms with van der Waals surface area (Å²) in [6.07, 6.45) is 1.78. The summed E-state index contributed by atoms with van der Waals surface area (Å²) in [5.41, 5.74) is 0.845. The molecule has 1 atom stereocenters. The average molecular weight is 306 g/mol. The molecule has 0 saturated heterocycles. The molecule has 1 N–H and O–H groups in total. The van der Waals surface area contributed by atoms with Gasteiger partial charge in [-0.25, -0.2) is 4.18 Å². The zero-order valence-electron chi connectivity index (χ0n) is 11.0. The molecule has 21 heavy (non-hydrogen) atoms. The van der Waals surface area contributed by atoms with Gasteiger partial charge in [0.15, 0.2) is 0 Å². The van der Waals surface area contributed by atoms with Crippen molar-refractivity contribution in [3.63, 3.8) is 0 Å². The smallest absolute Gasteiger partial charge is 0.400 e. The van der Waals surface area contributed by atoms with Gasteiger partial charge >= 0.3 is 10.4 Å². The minimum Gasteiger partial charge on any atom is -0.460 e. The van der Waals surface area contributed by atoms with Crippen molar-refractivity contribution in [1.29, 1.82) is 0 Å².